The molecule has 0 bridgehead atoms. The first kappa shape index (κ1) is 17.8. The topological polar surface area (TPSA) is 69.7 Å². The Balaban J connectivity index is 2.19. The standard InChI is InChI=1S/C15H12BrClO5S/c1-21-15(18)8-10-2-5-12(6-3-10)22-23(19,20)14-7-4-11(16)9-13(14)17/h2-7,9H,8H2,1H3. The highest BCUT2D eigenvalue weighted by molar-refractivity contribution is 9.10. The van der Waals surface area contributed by atoms with E-state index in [0.29, 0.717) is 10.0 Å². The molecule has 0 aliphatic heterocycles. The fourth-order valence-electron chi connectivity index (χ4n) is 1.75. The first-order chi connectivity index (χ1) is 10.8. The third-order valence-electron chi connectivity index (χ3n) is 2.87. The summed E-state index contributed by atoms with van der Waals surface area (Å²) in [5, 5.41) is 0.0571. The molecule has 2 rings (SSSR count). The quantitative estimate of drug-likeness (QED) is 0.547. The van der Waals surface area contributed by atoms with E-state index in [1.807, 2.05) is 0 Å². The molecule has 0 unspecified atom stereocenters. The predicted molar refractivity (Wildman–Crippen MR) is 89.1 cm³/mol. The van der Waals surface area contributed by atoms with Crippen molar-refractivity contribution in [1.82, 2.24) is 0 Å². The molecule has 0 saturated carbocycles. The van der Waals surface area contributed by atoms with Crippen molar-refractivity contribution in [3.8, 4) is 5.75 Å². The largest absolute Gasteiger partial charge is 0.469 e. The summed E-state index contributed by atoms with van der Waals surface area (Å²) in [5.74, 6) is -0.259. The van der Waals surface area contributed by atoms with Gasteiger partial charge in [-0.25, -0.2) is 0 Å². The minimum Gasteiger partial charge on any atom is -0.469 e. The summed E-state index contributed by atoms with van der Waals surface area (Å²) < 4.78 is 34.8. The molecule has 0 radical (unpaired) electrons. The molecule has 0 fully saturated rings. The van der Waals surface area contributed by atoms with E-state index in [1.165, 1.54) is 31.4 Å². The van der Waals surface area contributed by atoms with Gasteiger partial charge in [0.2, 0.25) is 0 Å². The SMILES string of the molecule is COC(=O)Cc1ccc(OS(=O)(=O)c2ccc(Br)cc2Cl)cc1. The Bertz CT molecular complexity index is 818. The minimum atomic E-state index is -4.05. The lowest BCUT2D eigenvalue weighted by molar-refractivity contribution is -0.139. The highest BCUT2D eigenvalue weighted by atomic mass is 79.9. The zero-order valence-corrected chi connectivity index (χ0v) is 15.1. The average molecular weight is 420 g/mol. The summed E-state index contributed by atoms with van der Waals surface area (Å²) in [7, 11) is -2.75. The normalized spacial score (nSPS) is 11.1. The molecule has 0 aliphatic carbocycles. The molecule has 0 spiro atoms. The minimum absolute atomic E-state index is 0.0571. The maximum Gasteiger partial charge on any atom is 0.340 e. The van der Waals surface area contributed by atoms with E-state index in [9.17, 15) is 13.2 Å². The Morgan fingerprint density at radius 1 is 1.17 bits per heavy atom. The van der Waals surface area contributed by atoms with E-state index in [2.05, 4.69) is 20.7 Å². The highest BCUT2D eigenvalue weighted by Crippen LogP contribution is 2.28. The average Bonchev–Trinajstić information content (AvgIpc) is 2.48. The number of carbonyl (C=O) groups is 1. The number of carbonyl (C=O) groups excluding carboxylic acids is 1. The third kappa shape index (κ3) is 4.70. The van der Waals surface area contributed by atoms with Crippen LogP contribution in [0.1, 0.15) is 5.56 Å². The van der Waals surface area contributed by atoms with E-state index >= 15 is 0 Å². The van der Waals surface area contributed by atoms with Crippen molar-refractivity contribution < 1.29 is 22.1 Å². The molecule has 2 aromatic rings. The number of esters is 1. The van der Waals surface area contributed by atoms with E-state index in [-0.39, 0.29) is 28.1 Å². The maximum absolute atomic E-state index is 12.2. The Hall–Kier alpha value is -1.57. The van der Waals surface area contributed by atoms with Crippen LogP contribution in [0.2, 0.25) is 5.02 Å². The lowest BCUT2D eigenvalue weighted by Gasteiger charge is -2.09. The molecule has 0 N–H and O–H groups in total. The molecule has 23 heavy (non-hydrogen) atoms. The zero-order valence-electron chi connectivity index (χ0n) is 12.0. The number of hydrogen-bond donors (Lipinski definition) is 0. The van der Waals surface area contributed by atoms with Crippen LogP contribution in [0.3, 0.4) is 0 Å². The number of benzene rings is 2. The molecule has 2 aromatic carbocycles. The van der Waals surface area contributed by atoms with E-state index in [0.717, 1.165) is 0 Å². The molecular weight excluding hydrogens is 408 g/mol. The number of hydrogen-bond acceptors (Lipinski definition) is 5. The van der Waals surface area contributed by atoms with Crippen molar-refractivity contribution in [3.05, 3.63) is 57.5 Å². The van der Waals surface area contributed by atoms with Gasteiger partial charge in [0, 0.05) is 4.47 Å². The predicted octanol–water partition coefficient (Wildman–Crippen LogP) is 3.59. The summed E-state index contributed by atoms with van der Waals surface area (Å²) in [6.07, 6.45) is 0.0993. The van der Waals surface area contributed by atoms with Crippen LogP contribution in [-0.2, 0) is 26.1 Å². The Morgan fingerprint density at radius 2 is 1.83 bits per heavy atom. The van der Waals surface area contributed by atoms with Crippen LogP contribution in [0.25, 0.3) is 0 Å². The Labute approximate surface area is 147 Å². The van der Waals surface area contributed by atoms with Crippen LogP contribution in [0, 0.1) is 0 Å². The molecular formula is C15H12BrClO5S. The number of ether oxygens (including phenoxy) is 1. The van der Waals surface area contributed by atoms with Crippen LogP contribution in [0.4, 0.5) is 0 Å². The second-order valence-electron chi connectivity index (χ2n) is 4.51. The summed E-state index contributed by atoms with van der Waals surface area (Å²) in [6.45, 7) is 0. The van der Waals surface area contributed by atoms with Crippen LogP contribution < -0.4 is 4.18 Å². The van der Waals surface area contributed by atoms with Crippen molar-refractivity contribution in [1.29, 1.82) is 0 Å². The van der Waals surface area contributed by atoms with Gasteiger partial charge in [-0.15, -0.1) is 0 Å². The van der Waals surface area contributed by atoms with Gasteiger partial charge >= 0.3 is 16.1 Å². The van der Waals surface area contributed by atoms with Crippen LogP contribution in [0.15, 0.2) is 51.8 Å². The van der Waals surface area contributed by atoms with E-state index in [1.54, 1.807) is 18.2 Å². The summed E-state index contributed by atoms with van der Waals surface area (Å²) in [6, 6.07) is 10.5. The molecule has 122 valence electrons. The van der Waals surface area contributed by atoms with Crippen molar-refractivity contribution in [2.24, 2.45) is 0 Å². The van der Waals surface area contributed by atoms with Gasteiger partial charge in [-0.3, -0.25) is 4.79 Å². The third-order valence-corrected chi connectivity index (χ3v) is 5.09. The molecule has 0 heterocycles. The second-order valence-corrected chi connectivity index (χ2v) is 7.35. The highest BCUT2D eigenvalue weighted by Gasteiger charge is 2.20. The van der Waals surface area contributed by atoms with Crippen molar-refractivity contribution in [2.45, 2.75) is 11.3 Å². The molecule has 8 heteroatoms. The lowest BCUT2D eigenvalue weighted by atomic mass is 10.1. The smallest absolute Gasteiger partial charge is 0.340 e. The molecule has 0 amide bonds. The van der Waals surface area contributed by atoms with Gasteiger partial charge in [0.1, 0.15) is 10.6 Å². The first-order valence-corrected chi connectivity index (χ1v) is 8.95. The molecule has 0 aromatic heterocycles. The number of rotatable bonds is 5. The molecule has 0 atom stereocenters. The molecule has 0 saturated heterocycles. The first-order valence-electron chi connectivity index (χ1n) is 6.37. The van der Waals surface area contributed by atoms with E-state index < -0.39 is 10.1 Å². The Kier molecular flexibility index (Phi) is 5.67. The fourth-order valence-corrected chi connectivity index (χ4v) is 3.69. The van der Waals surface area contributed by atoms with Crippen LogP contribution in [0.5, 0.6) is 5.75 Å². The second kappa shape index (κ2) is 7.33. The monoisotopic (exact) mass is 418 g/mol. The number of methoxy groups -OCH3 is 1. The van der Waals surface area contributed by atoms with Crippen molar-refractivity contribution in [3.63, 3.8) is 0 Å². The van der Waals surface area contributed by atoms with Gasteiger partial charge in [0.25, 0.3) is 0 Å². The van der Waals surface area contributed by atoms with Gasteiger partial charge in [-0.05, 0) is 35.9 Å². The zero-order chi connectivity index (χ0) is 17.0. The molecule has 5 nitrogen and oxygen atoms in total. The van der Waals surface area contributed by atoms with Crippen LogP contribution >= 0.6 is 27.5 Å². The van der Waals surface area contributed by atoms with Crippen molar-refractivity contribution >= 4 is 43.6 Å². The molecule has 0 aliphatic rings. The fraction of sp³-hybridized carbons (Fsp3) is 0.133. The summed E-state index contributed by atoms with van der Waals surface area (Å²) >= 11 is 9.14. The van der Waals surface area contributed by atoms with Gasteiger partial charge in [0.05, 0.1) is 18.6 Å². The summed E-state index contributed by atoms with van der Waals surface area (Å²) in [4.78, 5) is 11.1. The van der Waals surface area contributed by atoms with Gasteiger partial charge in [-0.1, -0.05) is 39.7 Å². The van der Waals surface area contributed by atoms with Crippen molar-refractivity contribution in [2.75, 3.05) is 7.11 Å². The van der Waals surface area contributed by atoms with Gasteiger partial charge in [-0.2, -0.15) is 8.42 Å². The Morgan fingerprint density at radius 3 is 2.39 bits per heavy atom. The number of halogens is 2. The van der Waals surface area contributed by atoms with Gasteiger partial charge < -0.3 is 8.92 Å². The summed E-state index contributed by atoms with van der Waals surface area (Å²) in [5.41, 5.74) is 0.684. The van der Waals surface area contributed by atoms with E-state index in [4.69, 9.17) is 15.8 Å². The lowest BCUT2D eigenvalue weighted by Crippen LogP contribution is -2.10. The van der Waals surface area contributed by atoms with Gasteiger partial charge in [0.15, 0.2) is 0 Å². The van der Waals surface area contributed by atoms with Crippen LogP contribution in [-0.4, -0.2) is 21.5 Å². The maximum atomic E-state index is 12.2.